The van der Waals surface area contributed by atoms with Gasteiger partial charge in [-0.1, -0.05) is 0 Å². The minimum absolute atomic E-state index is 0.134. The molecule has 7 heteroatoms. The zero-order valence-corrected chi connectivity index (χ0v) is 15.3. The van der Waals surface area contributed by atoms with Gasteiger partial charge in [-0.05, 0) is 43.2 Å². The fraction of sp³-hybridized carbons (Fsp3) is 0.389. The van der Waals surface area contributed by atoms with E-state index in [2.05, 4.69) is 0 Å². The highest BCUT2D eigenvalue weighted by Gasteiger charge is 2.21. The minimum atomic E-state index is -3.38. The largest absolute Gasteiger partial charge is 0.464 e. The number of aromatic nitrogens is 1. The Labute approximate surface area is 146 Å². The molecule has 1 aromatic carbocycles. The lowest BCUT2D eigenvalue weighted by atomic mass is 10.0. The van der Waals surface area contributed by atoms with Crippen molar-refractivity contribution in [2.45, 2.75) is 31.0 Å². The Morgan fingerprint density at radius 3 is 2.64 bits per heavy atom. The topological polar surface area (TPSA) is 74.6 Å². The number of benzene rings is 1. The van der Waals surface area contributed by atoms with Gasteiger partial charge in [-0.15, -0.1) is 0 Å². The first-order valence-electron chi connectivity index (χ1n) is 8.06. The summed E-state index contributed by atoms with van der Waals surface area (Å²) < 4.78 is 36.8. The fourth-order valence-electron chi connectivity index (χ4n) is 2.89. The lowest BCUT2D eigenvalue weighted by Crippen LogP contribution is -2.19. The average Bonchev–Trinajstić information content (AvgIpc) is 3.05. The van der Waals surface area contributed by atoms with Crippen molar-refractivity contribution < 1.29 is 17.9 Å². The predicted molar refractivity (Wildman–Crippen MR) is 94.6 cm³/mol. The molecule has 1 unspecified atom stereocenters. The van der Waals surface area contributed by atoms with Crippen molar-refractivity contribution in [1.29, 1.82) is 0 Å². The maximum absolute atomic E-state index is 12.3. The molecule has 0 aliphatic carbocycles. The molecule has 2 heterocycles. The maximum atomic E-state index is 12.3. The molecule has 0 radical (unpaired) electrons. The number of sulfone groups is 1. The molecule has 0 amide bonds. The van der Waals surface area contributed by atoms with Crippen LogP contribution < -0.4 is 10.3 Å². The van der Waals surface area contributed by atoms with Gasteiger partial charge in [0.25, 0.3) is 5.56 Å². The summed E-state index contributed by atoms with van der Waals surface area (Å²) in [6.45, 7) is 2.37. The van der Waals surface area contributed by atoms with Crippen LogP contribution in [0.4, 0.5) is 0 Å². The van der Waals surface area contributed by atoms with E-state index in [0.717, 1.165) is 19.1 Å². The molecule has 3 rings (SSSR count). The Hall–Kier alpha value is -2.12. The van der Waals surface area contributed by atoms with Gasteiger partial charge in [-0.2, -0.15) is 0 Å². The van der Waals surface area contributed by atoms with Crippen LogP contribution in [-0.2, 0) is 21.6 Å². The molecular weight excluding hydrogens is 342 g/mol. The van der Waals surface area contributed by atoms with Crippen LogP contribution in [0, 0.1) is 6.92 Å². The summed E-state index contributed by atoms with van der Waals surface area (Å²) in [4.78, 5) is 12.5. The van der Waals surface area contributed by atoms with E-state index < -0.39 is 9.84 Å². The summed E-state index contributed by atoms with van der Waals surface area (Å²) in [6.07, 6.45) is 4.17. The average molecular weight is 363 g/mol. The van der Waals surface area contributed by atoms with E-state index in [4.69, 9.17) is 9.47 Å². The Kier molecular flexibility index (Phi) is 4.71. The molecule has 134 valence electrons. The van der Waals surface area contributed by atoms with Gasteiger partial charge in [-0.3, -0.25) is 4.79 Å². The molecule has 25 heavy (non-hydrogen) atoms. The summed E-state index contributed by atoms with van der Waals surface area (Å²) in [6, 6.07) is 6.49. The number of rotatable bonds is 4. The van der Waals surface area contributed by atoms with Gasteiger partial charge in [0, 0.05) is 37.0 Å². The zero-order valence-electron chi connectivity index (χ0n) is 14.5. The number of ether oxygens (including phenoxy) is 2. The van der Waals surface area contributed by atoms with Crippen molar-refractivity contribution in [3.8, 4) is 16.9 Å². The van der Waals surface area contributed by atoms with Gasteiger partial charge >= 0.3 is 0 Å². The molecule has 0 saturated carbocycles. The van der Waals surface area contributed by atoms with Crippen molar-refractivity contribution in [3.05, 3.63) is 46.4 Å². The zero-order chi connectivity index (χ0) is 18.2. The van der Waals surface area contributed by atoms with Crippen molar-refractivity contribution in [1.82, 2.24) is 4.57 Å². The first kappa shape index (κ1) is 17.7. The van der Waals surface area contributed by atoms with Gasteiger partial charge in [0.1, 0.15) is 5.75 Å². The van der Waals surface area contributed by atoms with Crippen LogP contribution >= 0.6 is 0 Å². The maximum Gasteiger partial charge on any atom is 0.253 e. The molecule has 0 N–H and O–H groups in total. The van der Waals surface area contributed by atoms with Crippen LogP contribution in [0.1, 0.15) is 18.4 Å². The predicted octanol–water partition coefficient (Wildman–Crippen LogP) is 2.28. The number of hydrogen-bond donors (Lipinski definition) is 0. The van der Waals surface area contributed by atoms with Gasteiger partial charge in [0.15, 0.2) is 16.1 Å². The van der Waals surface area contributed by atoms with E-state index >= 15 is 0 Å². The summed E-state index contributed by atoms with van der Waals surface area (Å²) >= 11 is 0. The highest BCUT2D eigenvalue weighted by Crippen LogP contribution is 2.35. The molecule has 1 aliphatic rings. The van der Waals surface area contributed by atoms with Crippen molar-refractivity contribution in [2.75, 3.05) is 12.9 Å². The van der Waals surface area contributed by atoms with Crippen LogP contribution in [0.25, 0.3) is 11.1 Å². The van der Waals surface area contributed by atoms with Gasteiger partial charge in [0.05, 0.1) is 11.5 Å². The minimum Gasteiger partial charge on any atom is -0.464 e. The van der Waals surface area contributed by atoms with E-state index in [1.54, 1.807) is 38.4 Å². The Morgan fingerprint density at radius 1 is 1.24 bits per heavy atom. The van der Waals surface area contributed by atoms with Gasteiger partial charge < -0.3 is 14.0 Å². The second-order valence-corrected chi connectivity index (χ2v) is 8.28. The van der Waals surface area contributed by atoms with E-state index in [1.807, 2.05) is 0 Å². The smallest absolute Gasteiger partial charge is 0.253 e. The van der Waals surface area contributed by atoms with E-state index in [9.17, 15) is 13.2 Å². The lowest BCUT2D eigenvalue weighted by molar-refractivity contribution is -0.0387. The molecule has 2 aromatic rings. The summed E-state index contributed by atoms with van der Waals surface area (Å²) in [5.41, 5.74) is 1.63. The second kappa shape index (κ2) is 6.65. The fourth-order valence-corrected chi connectivity index (χ4v) is 3.53. The summed E-state index contributed by atoms with van der Waals surface area (Å²) in [5, 5.41) is 0. The molecular formula is C18H21NO5S. The Bertz CT molecular complexity index is 956. The molecule has 0 spiro atoms. The first-order valence-corrected chi connectivity index (χ1v) is 9.95. The van der Waals surface area contributed by atoms with E-state index in [0.29, 0.717) is 29.0 Å². The van der Waals surface area contributed by atoms with Crippen LogP contribution in [0.3, 0.4) is 0 Å². The van der Waals surface area contributed by atoms with Crippen LogP contribution in [-0.4, -0.2) is 32.1 Å². The molecule has 1 aliphatic heterocycles. The molecule has 1 saturated heterocycles. The van der Waals surface area contributed by atoms with Crippen molar-refractivity contribution in [3.63, 3.8) is 0 Å². The first-order chi connectivity index (χ1) is 11.8. The SMILES string of the molecule is Cc1c(-c2cc(S(C)(=O)=O)ccc2OC2CCCO2)ccn(C)c1=O. The number of aryl methyl sites for hydroxylation is 1. The highest BCUT2D eigenvalue weighted by molar-refractivity contribution is 7.90. The third-order valence-electron chi connectivity index (χ3n) is 4.33. The standard InChI is InChI=1S/C18H21NO5S/c1-12-14(8-9-19(2)18(12)20)15-11-13(25(3,21)22)6-7-16(15)24-17-5-4-10-23-17/h6-9,11,17H,4-5,10H2,1-3H3. The number of hydrogen-bond acceptors (Lipinski definition) is 5. The highest BCUT2D eigenvalue weighted by atomic mass is 32.2. The van der Waals surface area contributed by atoms with Crippen LogP contribution in [0.2, 0.25) is 0 Å². The van der Waals surface area contributed by atoms with Crippen molar-refractivity contribution in [2.24, 2.45) is 7.05 Å². The molecule has 0 bridgehead atoms. The quantitative estimate of drug-likeness (QED) is 0.833. The van der Waals surface area contributed by atoms with Crippen LogP contribution in [0.15, 0.2) is 40.2 Å². The summed E-state index contributed by atoms with van der Waals surface area (Å²) in [7, 11) is -1.70. The van der Waals surface area contributed by atoms with E-state index in [-0.39, 0.29) is 16.7 Å². The normalized spacial score (nSPS) is 17.6. The lowest BCUT2D eigenvalue weighted by Gasteiger charge is -2.18. The molecule has 1 fully saturated rings. The van der Waals surface area contributed by atoms with Gasteiger partial charge in [-0.25, -0.2) is 8.42 Å². The Morgan fingerprint density at radius 2 is 2.00 bits per heavy atom. The van der Waals surface area contributed by atoms with Crippen molar-refractivity contribution >= 4 is 9.84 Å². The number of pyridine rings is 1. The van der Waals surface area contributed by atoms with Gasteiger partial charge in [0.2, 0.25) is 0 Å². The third kappa shape index (κ3) is 3.62. The number of nitrogens with zero attached hydrogens (tertiary/aromatic N) is 1. The molecule has 1 atom stereocenters. The van der Waals surface area contributed by atoms with E-state index in [1.165, 1.54) is 10.6 Å². The monoisotopic (exact) mass is 363 g/mol. The second-order valence-electron chi connectivity index (χ2n) is 6.26. The molecule has 6 nitrogen and oxygen atoms in total. The third-order valence-corrected chi connectivity index (χ3v) is 5.44. The van der Waals surface area contributed by atoms with Crippen LogP contribution in [0.5, 0.6) is 5.75 Å². The molecule has 1 aromatic heterocycles. The summed E-state index contributed by atoms with van der Waals surface area (Å²) in [5.74, 6) is 0.510. The Balaban J connectivity index is 2.17.